The second kappa shape index (κ2) is 5.16. The second-order valence-electron chi connectivity index (χ2n) is 4.23. The highest BCUT2D eigenvalue weighted by molar-refractivity contribution is 9.10. The van der Waals surface area contributed by atoms with Gasteiger partial charge in [-0.2, -0.15) is 4.98 Å². The van der Waals surface area contributed by atoms with Gasteiger partial charge in [-0.1, -0.05) is 21.1 Å². The molecular formula is C13H10BrFN4O. The van der Waals surface area contributed by atoms with Crippen LogP contribution in [0.4, 0.5) is 10.1 Å². The summed E-state index contributed by atoms with van der Waals surface area (Å²) in [5, 5.41) is 7.65. The second-order valence-corrected chi connectivity index (χ2v) is 5.14. The van der Waals surface area contributed by atoms with Crippen LogP contribution in [0.15, 0.2) is 33.4 Å². The molecule has 102 valence electrons. The van der Waals surface area contributed by atoms with Crippen molar-refractivity contribution in [3.05, 3.63) is 46.4 Å². The standard InChI is InChI=1S/C13H10BrFN4O/c1-7-18-12(19-20-7)6-17-11-2-3-16-13-9(11)4-8(14)5-10(13)15/h2-5H,6H2,1H3,(H,16,17). The average molecular weight is 337 g/mol. The number of pyridine rings is 1. The van der Waals surface area contributed by atoms with Crippen LogP contribution in [0.2, 0.25) is 0 Å². The van der Waals surface area contributed by atoms with Gasteiger partial charge >= 0.3 is 0 Å². The van der Waals surface area contributed by atoms with E-state index in [1.165, 1.54) is 6.07 Å². The van der Waals surface area contributed by atoms with Crippen LogP contribution in [0.25, 0.3) is 10.9 Å². The number of halogens is 2. The molecule has 0 aliphatic rings. The Bertz CT molecular complexity index is 774. The third-order valence-corrected chi connectivity index (χ3v) is 3.23. The van der Waals surface area contributed by atoms with Crippen LogP contribution in [0.1, 0.15) is 11.7 Å². The minimum atomic E-state index is -0.367. The number of benzene rings is 1. The number of aryl methyl sites for hydroxylation is 1. The van der Waals surface area contributed by atoms with Crippen molar-refractivity contribution in [2.45, 2.75) is 13.5 Å². The summed E-state index contributed by atoms with van der Waals surface area (Å²) in [6.07, 6.45) is 1.56. The van der Waals surface area contributed by atoms with Gasteiger partial charge < -0.3 is 9.84 Å². The zero-order valence-corrected chi connectivity index (χ0v) is 12.1. The van der Waals surface area contributed by atoms with Gasteiger partial charge in [-0.25, -0.2) is 4.39 Å². The lowest BCUT2D eigenvalue weighted by Gasteiger charge is -2.08. The first-order chi connectivity index (χ1) is 9.63. The molecule has 2 aromatic heterocycles. The molecule has 2 heterocycles. The van der Waals surface area contributed by atoms with Gasteiger partial charge in [0.15, 0.2) is 11.6 Å². The van der Waals surface area contributed by atoms with Gasteiger partial charge in [0.05, 0.1) is 6.54 Å². The number of nitrogens with zero attached hydrogens (tertiary/aromatic N) is 3. The predicted octanol–water partition coefficient (Wildman–Crippen LogP) is 3.44. The largest absolute Gasteiger partial charge is 0.377 e. The first-order valence-corrected chi connectivity index (χ1v) is 6.69. The minimum Gasteiger partial charge on any atom is -0.377 e. The van der Waals surface area contributed by atoms with Crippen LogP contribution in [0, 0.1) is 12.7 Å². The van der Waals surface area contributed by atoms with E-state index in [0.717, 1.165) is 5.69 Å². The fraction of sp³-hybridized carbons (Fsp3) is 0.154. The SMILES string of the molecule is Cc1nc(CNc2ccnc3c(F)cc(Br)cc23)no1. The number of aromatic nitrogens is 3. The molecule has 0 fully saturated rings. The Morgan fingerprint density at radius 3 is 3.00 bits per heavy atom. The topological polar surface area (TPSA) is 63.8 Å². The molecule has 0 aliphatic heterocycles. The van der Waals surface area contributed by atoms with Crippen molar-refractivity contribution in [3.8, 4) is 0 Å². The smallest absolute Gasteiger partial charge is 0.223 e. The third kappa shape index (κ3) is 2.49. The Balaban J connectivity index is 1.95. The molecule has 0 unspecified atom stereocenters. The van der Waals surface area contributed by atoms with Gasteiger partial charge in [-0.15, -0.1) is 0 Å². The van der Waals surface area contributed by atoms with E-state index in [1.54, 1.807) is 19.2 Å². The lowest BCUT2D eigenvalue weighted by atomic mass is 10.2. The molecule has 0 spiro atoms. The summed E-state index contributed by atoms with van der Waals surface area (Å²) >= 11 is 3.28. The van der Waals surface area contributed by atoms with Crippen LogP contribution in [-0.4, -0.2) is 15.1 Å². The Hall–Kier alpha value is -2.02. The van der Waals surface area contributed by atoms with Crippen LogP contribution >= 0.6 is 15.9 Å². The van der Waals surface area contributed by atoms with Crippen LogP contribution in [0.5, 0.6) is 0 Å². The summed E-state index contributed by atoms with van der Waals surface area (Å²) in [4.78, 5) is 8.16. The van der Waals surface area contributed by atoms with E-state index in [2.05, 4.69) is 36.4 Å². The molecule has 1 N–H and O–H groups in total. The lowest BCUT2D eigenvalue weighted by molar-refractivity contribution is 0.388. The minimum absolute atomic E-state index is 0.322. The van der Waals surface area contributed by atoms with E-state index >= 15 is 0 Å². The van der Waals surface area contributed by atoms with Crippen LogP contribution in [0.3, 0.4) is 0 Å². The zero-order valence-electron chi connectivity index (χ0n) is 10.5. The van der Waals surface area contributed by atoms with E-state index in [-0.39, 0.29) is 5.82 Å². The predicted molar refractivity (Wildman–Crippen MR) is 75.8 cm³/mol. The van der Waals surface area contributed by atoms with Gasteiger partial charge in [0.2, 0.25) is 5.89 Å². The molecule has 1 aromatic carbocycles. The zero-order chi connectivity index (χ0) is 14.1. The first kappa shape index (κ1) is 13.0. The molecular weight excluding hydrogens is 327 g/mol. The Morgan fingerprint density at radius 1 is 1.40 bits per heavy atom. The lowest BCUT2D eigenvalue weighted by Crippen LogP contribution is -2.02. The van der Waals surface area contributed by atoms with Gasteiger partial charge in [0.25, 0.3) is 0 Å². The number of fused-ring (bicyclic) bond motifs is 1. The molecule has 3 aromatic rings. The fourth-order valence-electron chi connectivity index (χ4n) is 1.92. The fourth-order valence-corrected chi connectivity index (χ4v) is 2.35. The number of hydrogen-bond donors (Lipinski definition) is 1. The molecule has 0 bridgehead atoms. The van der Waals surface area contributed by atoms with Crippen molar-refractivity contribution in [2.75, 3.05) is 5.32 Å². The first-order valence-electron chi connectivity index (χ1n) is 5.90. The Morgan fingerprint density at radius 2 is 2.25 bits per heavy atom. The molecule has 0 atom stereocenters. The van der Waals surface area contributed by atoms with E-state index in [0.29, 0.717) is 33.6 Å². The van der Waals surface area contributed by atoms with Crippen molar-refractivity contribution < 1.29 is 8.91 Å². The summed E-state index contributed by atoms with van der Waals surface area (Å²) in [6, 6.07) is 4.98. The molecule has 0 radical (unpaired) electrons. The highest BCUT2D eigenvalue weighted by Crippen LogP contribution is 2.27. The Kier molecular flexibility index (Phi) is 3.35. The van der Waals surface area contributed by atoms with Gasteiger partial charge in [-0.3, -0.25) is 4.98 Å². The molecule has 5 nitrogen and oxygen atoms in total. The summed E-state index contributed by atoms with van der Waals surface area (Å²) < 4.78 is 19.4. The van der Waals surface area contributed by atoms with Gasteiger partial charge in [0.1, 0.15) is 5.52 Å². The van der Waals surface area contributed by atoms with Crippen molar-refractivity contribution in [2.24, 2.45) is 0 Å². The highest BCUT2D eigenvalue weighted by Gasteiger charge is 2.09. The number of rotatable bonds is 3. The van der Waals surface area contributed by atoms with E-state index in [1.807, 2.05) is 6.07 Å². The molecule has 0 saturated carbocycles. The number of anilines is 1. The van der Waals surface area contributed by atoms with E-state index < -0.39 is 0 Å². The normalized spacial score (nSPS) is 10.9. The maximum absolute atomic E-state index is 13.8. The molecule has 0 amide bonds. The number of nitrogens with one attached hydrogen (secondary N) is 1. The van der Waals surface area contributed by atoms with Crippen LogP contribution in [-0.2, 0) is 6.54 Å². The summed E-state index contributed by atoms with van der Waals surface area (Å²) in [5.74, 6) is 0.687. The molecule has 7 heteroatoms. The molecule has 20 heavy (non-hydrogen) atoms. The van der Waals surface area contributed by atoms with Crippen molar-refractivity contribution in [3.63, 3.8) is 0 Å². The molecule has 0 aliphatic carbocycles. The van der Waals surface area contributed by atoms with Crippen molar-refractivity contribution in [1.29, 1.82) is 0 Å². The number of hydrogen-bond acceptors (Lipinski definition) is 5. The summed E-state index contributed by atoms with van der Waals surface area (Å²) in [5.41, 5.74) is 1.08. The Labute approximate surface area is 122 Å². The maximum atomic E-state index is 13.8. The third-order valence-electron chi connectivity index (χ3n) is 2.77. The van der Waals surface area contributed by atoms with E-state index in [9.17, 15) is 4.39 Å². The van der Waals surface area contributed by atoms with Crippen molar-refractivity contribution in [1.82, 2.24) is 15.1 Å². The maximum Gasteiger partial charge on any atom is 0.223 e. The van der Waals surface area contributed by atoms with Gasteiger partial charge in [0, 0.05) is 28.7 Å². The quantitative estimate of drug-likeness (QED) is 0.793. The van der Waals surface area contributed by atoms with Crippen molar-refractivity contribution >= 4 is 32.5 Å². The molecule has 0 saturated heterocycles. The summed E-state index contributed by atoms with van der Waals surface area (Å²) in [6.45, 7) is 2.12. The van der Waals surface area contributed by atoms with E-state index in [4.69, 9.17) is 4.52 Å². The van der Waals surface area contributed by atoms with Crippen LogP contribution < -0.4 is 5.32 Å². The highest BCUT2D eigenvalue weighted by atomic mass is 79.9. The summed E-state index contributed by atoms with van der Waals surface area (Å²) in [7, 11) is 0. The monoisotopic (exact) mass is 336 g/mol. The van der Waals surface area contributed by atoms with Gasteiger partial charge in [-0.05, 0) is 18.2 Å². The average Bonchev–Trinajstić information content (AvgIpc) is 2.82. The molecule has 3 rings (SSSR count).